The molecule has 0 heterocycles. The Kier molecular flexibility index (Phi) is 4.43. The second-order valence-electron chi connectivity index (χ2n) is 6.71. The monoisotopic (exact) mass is 312 g/mol. The highest BCUT2D eigenvalue weighted by atomic mass is 19.1. The summed E-state index contributed by atoms with van der Waals surface area (Å²) in [6, 6.07) is 8.17. The van der Waals surface area contributed by atoms with Crippen molar-refractivity contribution in [2.24, 2.45) is 0 Å². The van der Waals surface area contributed by atoms with E-state index in [0.29, 0.717) is 5.75 Å². The Labute approximate surface area is 138 Å². The van der Waals surface area contributed by atoms with Crippen LogP contribution >= 0.6 is 0 Å². The molecule has 0 spiro atoms. The van der Waals surface area contributed by atoms with Gasteiger partial charge >= 0.3 is 0 Å². The molecule has 1 nitrogen and oxygen atoms in total. The van der Waals surface area contributed by atoms with E-state index in [9.17, 15) is 4.39 Å². The van der Waals surface area contributed by atoms with Crippen LogP contribution in [0.4, 0.5) is 4.39 Å². The Morgan fingerprint density at radius 1 is 1.04 bits per heavy atom. The summed E-state index contributed by atoms with van der Waals surface area (Å²) in [6.07, 6.45) is 4.53. The Morgan fingerprint density at radius 2 is 1.74 bits per heavy atom. The molecule has 0 unspecified atom stereocenters. The standard InChI is InChI=1S/C21H25FO/c1-5-14-9-15-7-6-8-16(15)10-18(14)19-11-17(13(2)3)20(22)12-21(19)23-4/h9-13H,5-8H2,1-4H3. The fourth-order valence-corrected chi connectivity index (χ4v) is 3.61. The Bertz CT molecular complexity index is 731. The topological polar surface area (TPSA) is 9.23 Å². The molecule has 0 aromatic heterocycles. The highest BCUT2D eigenvalue weighted by molar-refractivity contribution is 5.76. The van der Waals surface area contributed by atoms with E-state index in [2.05, 4.69) is 19.1 Å². The van der Waals surface area contributed by atoms with Gasteiger partial charge in [0.25, 0.3) is 0 Å². The van der Waals surface area contributed by atoms with E-state index in [1.165, 1.54) is 41.2 Å². The zero-order valence-electron chi connectivity index (χ0n) is 14.5. The van der Waals surface area contributed by atoms with Gasteiger partial charge in [0, 0.05) is 11.6 Å². The van der Waals surface area contributed by atoms with Crippen molar-refractivity contribution < 1.29 is 9.13 Å². The summed E-state index contributed by atoms with van der Waals surface area (Å²) in [7, 11) is 1.62. The van der Waals surface area contributed by atoms with E-state index >= 15 is 0 Å². The van der Waals surface area contributed by atoms with Gasteiger partial charge in [-0.25, -0.2) is 4.39 Å². The first-order valence-corrected chi connectivity index (χ1v) is 8.57. The molecule has 0 amide bonds. The molecule has 0 saturated heterocycles. The van der Waals surface area contributed by atoms with Gasteiger partial charge in [-0.05, 0) is 65.5 Å². The molecular formula is C21H25FO. The van der Waals surface area contributed by atoms with E-state index < -0.39 is 0 Å². The van der Waals surface area contributed by atoms with Crippen LogP contribution in [0.15, 0.2) is 24.3 Å². The van der Waals surface area contributed by atoms with Gasteiger partial charge in [-0.2, -0.15) is 0 Å². The number of benzene rings is 2. The van der Waals surface area contributed by atoms with Crippen molar-refractivity contribution in [3.63, 3.8) is 0 Å². The van der Waals surface area contributed by atoms with E-state index in [4.69, 9.17) is 4.74 Å². The van der Waals surface area contributed by atoms with Crippen molar-refractivity contribution >= 4 is 0 Å². The summed E-state index contributed by atoms with van der Waals surface area (Å²) in [6.45, 7) is 6.23. The van der Waals surface area contributed by atoms with Crippen LogP contribution in [0.3, 0.4) is 0 Å². The van der Waals surface area contributed by atoms with Crippen LogP contribution in [0.5, 0.6) is 5.75 Å². The third-order valence-corrected chi connectivity index (χ3v) is 4.93. The van der Waals surface area contributed by atoms with E-state index in [-0.39, 0.29) is 11.7 Å². The summed E-state index contributed by atoms with van der Waals surface area (Å²) >= 11 is 0. The minimum Gasteiger partial charge on any atom is -0.496 e. The van der Waals surface area contributed by atoms with Gasteiger partial charge in [0.15, 0.2) is 0 Å². The van der Waals surface area contributed by atoms with Gasteiger partial charge in [-0.3, -0.25) is 0 Å². The molecule has 3 rings (SSSR count). The Hall–Kier alpha value is -1.83. The zero-order chi connectivity index (χ0) is 16.6. The summed E-state index contributed by atoms with van der Waals surface area (Å²) in [5, 5.41) is 0. The number of methoxy groups -OCH3 is 1. The van der Waals surface area contributed by atoms with Crippen molar-refractivity contribution in [1.29, 1.82) is 0 Å². The molecular weight excluding hydrogens is 287 g/mol. The largest absolute Gasteiger partial charge is 0.496 e. The third-order valence-electron chi connectivity index (χ3n) is 4.93. The van der Waals surface area contributed by atoms with Crippen molar-refractivity contribution in [2.45, 2.75) is 52.4 Å². The number of hydrogen-bond donors (Lipinski definition) is 0. The van der Waals surface area contributed by atoms with Crippen LogP contribution in [-0.4, -0.2) is 7.11 Å². The van der Waals surface area contributed by atoms with Crippen molar-refractivity contribution in [1.82, 2.24) is 0 Å². The second-order valence-corrected chi connectivity index (χ2v) is 6.71. The first kappa shape index (κ1) is 16.0. The minimum atomic E-state index is -0.181. The maximum Gasteiger partial charge on any atom is 0.130 e. The van der Waals surface area contributed by atoms with E-state index in [1.807, 2.05) is 19.9 Å². The Balaban J connectivity index is 2.23. The normalized spacial score (nSPS) is 13.5. The van der Waals surface area contributed by atoms with Crippen molar-refractivity contribution in [2.75, 3.05) is 7.11 Å². The van der Waals surface area contributed by atoms with Crippen LogP contribution in [-0.2, 0) is 19.3 Å². The highest BCUT2D eigenvalue weighted by Crippen LogP contribution is 2.39. The molecule has 1 aliphatic rings. The van der Waals surface area contributed by atoms with Crippen molar-refractivity contribution in [3.8, 4) is 16.9 Å². The fourth-order valence-electron chi connectivity index (χ4n) is 3.61. The minimum absolute atomic E-state index is 0.152. The lowest BCUT2D eigenvalue weighted by Gasteiger charge is -2.18. The van der Waals surface area contributed by atoms with Gasteiger partial charge in [0.2, 0.25) is 0 Å². The van der Waals surface area contributed by atoms with Crippen LogP contribution in [0.2, 0.25) is 0 Å². The first-order valence-electron chi connectivity index (χ1n) is 8.57. The van der Waals surface area contributed by atoms with Gasteiger partial charge in [0.05, 0.1) is 7.11 Å². The average Bonchev–Trinajstić information content (AvgIpc) is 3.00. The number of aryl methyl sites for hydroxylation is 3. The van der Waals surface area contributed by atoms with E-state index in [1.54, 1.807) is 7.11 Å². The maximum atomic E-state index is 14.3. The van der Waals surface area contributed by atoms with Gasteiger partial charge in [0.1, 0.15) is 11.6 Å². The second kappa shape index (κ2) is 6.35. The molecule has 0 fully saturated rings. The number of hydrogen-bond acceptors (Lipinski definition) is 1. The van der Waals surface area contributed by atoms with Crippen LogP contribution < -0.4 is 4.74 Å². The highest BCUT2D eigenvalue weighted by Gasteiger charge is 2.19. The summed E-state index contributed by atoms with van der Waals surface area (Å²) in [5.41, 5.74) is 7.22. The fraction of sp³-hybridized carbons (Fsp3) is 0.429. The maximum absolute atomic E-state index is 14.3. The zero-order valence-corrected chi connectivity index (χ0v) is 14.5. The predicted molar refractivity (Wildman–Crippen MR) is 93.9 cm³/mol. The summed E-state index contributed by atoms with van der Waals surface area (Å²) in [5.74, 6) is 0.596. The van der Waals surface area contributed by atoms with Crippen LogP contribution in [0.25, 0.3) is 11.1 Å². The molecule has 0 N–H and O–H groups in total. The molecule has 0 aliphatic heterocycles. The molecule has 122 valence electrons. The first-order chi connectivity index (χ1) is 11.0. The molecule has 1 aliphatic carbocycles. The van der Waals surface area contributed by atoms with Gasteiger partial charge in [-0.15, -0.1) is 0 Å². The molecule has 23 heavy (non-hydrogen) atoms. The lowest BCUT2D eigenvalue weighted by molar-refractivity contribution is 0.412. The molecule has 2 heteroatoms. The molecule has 0 bridgehead atoms. The molecule has 0 saturated carbocycles. The van der Waals surface area contributed by atoms with Gasteiger partial charge in [-0.1, -0.05) is 32.9 Å². The smallest absolute Gasteiger partial charge is 0.130 e. The number of rotatable bonds is 4. The number of ether oxygens (including phenoxy) is 1. The van der Waals surface area contributed by atoms with Crippen LogP contribution in [0, 0.1) is 5.82 Å². The average molecular weight is 312 g/mol. The Morgan fingerprint density at radius 3 is 2.35 bits per heavy atom. The summed E-state index contributed by atoms with van der Waals surface area (Å²) in [4.78, 5) is 0. The van der Waals surface area contributed by atoms with Crippen LogP contribution in [0.1, 0.15) is 55.4 Å². The molecule has 2 aromatic carbocycles. The quantitative estimate of drug-likeness (QED) is 0.706. The van der Waals surface area contributed by atoms with E-state index in [0.717, 1.165) is 24.0 Å². The lowest BCUT2D eigenvalue weighted by Crippen LogP contribution is -2.00. The van der Waals surface area contributed by atoms with Crippen molar-refractivity contribution in [3.05, 3.63) is 52.3 Å². The number of fused-ring (bicyclic) bond motifs is 1. The SMILES string of the molecule is CCc1cc2c(cc1-c1cc(C(C)C)c(F)cc1OC)CCC2. The summed E-state index contributed by atoms with van der Waals surface area (Å²) < 4.78 is 19.8. The molecule has 2 aromatic rings. The third kappa shape index (κ3) is 2.87. The lowest BCUT2D eigenvalue weighted by atomic mass is 9.90. The molecule has 0 radical (unpaired) electrons. The predicted octanol–water partition coefficient (Wildman–Crippen LogP) is 5.68. The molecule has 0 atom stereocenters. The van der Waals surface area contributed by atoms with Gasteiger partial charge < -0.3 is 4.74 Å². The number of halogens is 1.